The highest BCUT2D eigenvalue weighted by atomic mass is 16.7. The lowest BCUT2D eigenvalue weighted by Gasteiger charge is -2.07. The SMILES string of the molecule is C/C(=N/NC(=O)c1nnn(-c2nonc2N)c1-c1ccc2c(c1)OCO2)c1ccccc1O. The van der Waals surface area contributed by atoms with Crippen LogP contribution in [0.4, 0.5) is 5.82 Å². The topological polar surface area (TPSA) is 176 Å². The van der Waals surface area contributed by atoms with Gasteiger partial charge in [0.15, 0.2) is 17.2 Å². The van der Waals surface area contributed by atoms with Crippen molar-refractivity contribution in [2.45, 2.75) is 6.92 Å². The molecule has 13 nitrogen and oxygen atoms in total. The molecule has 0 bridgehead atoms. The lowest BCUT2D eigenvalue weighted by Crippen LogP contribution is -2.21. The number of aromatic hydroxyl groups is 1. The molecular formula is C20H16N8O5. The zero-order chi connectivity index (χ0) is 22.9. The van der Waals surface area contributed by atoms with Crippen molar-refractivity contribution < 1.29 is 24.0 Å². The number of nitrogens with zero attached hydrogens (tertiary/aromatic N) is 6. The number of amides is 1. The maximum atomic E-state index is 13.0. The number of fused-ring (bicyclic) bond motifs is 1. The van der Waals surface area contributed by atoms with Crippen LogP contribution in [0.3, 0.4) is 0 Å². The van der Waals surface area contributed by atoms with Crippen molar-refractivity contribution in [2.75, 3.05) is 12.5 Å². The van der Waals surface area contributed by atoms with Crippen molar-refractivity contribution in [1.82, 2.24) is 30.7 Å². The number of hydrazone groups is 1. The normalized spacial score (nSPS) is 12.7. The molecule has 2 aromatic carbocycles. The number of nitrogens with two attached hydrogens (primary N) is 1. The first-order valence-electron chi connectivity index (χ1n) is 9.60. The molecule has 0 unspecified atom stereocenters. The third kappa shape index (κ3) is 3.56. The zero-order valence-corrected chi connectivity index (χ0v) is 17.1. The lowest BCUT2D eigenvalue weighted by atomic mass is 10.1. The molecule has 0 fully saturated rings. The van der Waals surface area contributed by atoms with Gasteiger partial charge in [-0.3, -0.25) is 4.79 Å². The molecule has 166 valence electrons. The van der Waals surface area contributed by atoms with Crippen molar-refractivity contribution >= 4 is 17.4 Å². The number of anilines is 1. The van der Waals surface area contributed by atoms with Crippen LogP contribution in [-0.4, -0.2) is 48.8 Å². The molecule has 0 saturated carbocycles. The van der Waals surface area contributed by atoms with Crippen LogP contribution in [0.2, 0.25) is 0 Å². The molecular weight excluding hydrogens is 432 g/mol. The number of phenolic OH excluding ortho intramolecular Hbond substituents is 1. The molecule has 2 aromatic heterocycles. The molecule has 1 amide bonds. The number of benzene rings is 2. The Kier molecular flexibility index (Phi) is 4.82. The van der Waals surface area contributed by atoms with Gasteiger partial charge in [0.25, 0.3) is 5.91 Å². The fraction of sp³-hybridized carbons (Fsp3) is 0.100. The summed E-state index contributed by atoms with van der Waals surface area (Å²) in [5.41, 5.74) is 9.84. The van der Waals surface area contributed by atoms with Crippen molar-refractivity contribution in [3.63, 3.8) is 0 Å². The molecule has 0 atom stereocenters. The van der Waals surface area contributed by atoms with E-state index in [0.717, 1.165) is 0 Å². The Labute approximate surface area is 185 Å². The number of carbonyl (C=O) groups is 1. The first-order chi connectivity index (χ1) is 16.0. The minimum absolute atomic E-state index is 0.0361. The maximum Gasteiger partial charge on any atom is 0.294 e. The molecule has 3 heterocycles. The standard InChI is InChI=1S/C20H16N8O5/c1-10(12-4-2-3-5-13(12)29)22-24-20(30)16-17(11-6-7-14-15(8-11)32-9-31-14)28(27-23-16)19-18(21)25-33-26-19/h2-8,29H,9H2,1H3,(H2,21,25)(H,24,30)/b22-10-. The molecule has 0 aliphatic carbocycles. The Hall–Kier alpha value is -4.94. The van der Waals surface area contributed by atoms with E-state index >= 15 is 0 Å². The summed E-state index contributed by atoms with van der Waals surface area (Å²) in [6.07, 6.45) is 0. The number of phenols is 1. The predicted octanol–water partition coefficient (Wildman–Crippen LogP) is 1.49. The number of hydrogen-bond donors (Lipinski definition) is 3. The Bertz CT molecular complexity index is 1390. The first kappa shape index (κ1) is 20.0. The summed E-state index contributed by atoms with van der Waals surface area (Å²) in [5.74, 6) is 0.457. The van der Waals surface area contributed by atoms with Gasteiger partial charge in [-0.15, -0.1) is 5.10 Å². The monoisotopic (exact) mass is 448 g/mol. The van der Waals surface area contributed by atoms with Gasteiger partial charge < -0.3 is 20.3 Å². The van der Waals surface area contributed by atoms with Gasteiger partial charge in [-0.25, -0.2) is 10.1 Å². The van der Waals surface area contributed by atoms with Gasteiger partial charge in [0, 0.05) is 11.1 Å². The van der Waals surface area contributed by atoms with Gasteiger partial charge in [-0.2, -0.15) is 9.78 Å². The predicted molar refractivity (Wildman–Crippen MR) is 113 cm³/mol. The molecule has 1 aliphatic rings. The fourth-order valence-corrected chi connectivity index (χ4v) is 3.25. The molecule has 0 saturated heterocycles. The number of ether oxygens (including phenoxy) is 2. The second-order valence-corrected chi connectivity index (χ2v) is 6.89. The van der Waals surface area contributed by atoms with Crippen LogP contribution < -0.4 is 20.6 Å². The van der Waals surface area contributed by atoms with Gasteiger partial charge in [0.1, 0.15) is 11.4 Å². The highest BCUT2D eigenvalue weighted by molar-refractivity contribution is 6.03. The average molecular weight is 448 g/mol. The van der Waals surface area contributed by atoms with Gasteiger partial charge in [0.2, 0.25) is 18.4 Å². The molecule has 4 N–H and O–H groups in total. The number of carbonyl (C=O) groups excluding carboxylic acids is 1. The van der Waals surface area contributed by atoms with Crippen molar-refractivity contribution in [2.24, 2.45) is 5.10 Å². The number of nitrogen functional groups attached to an aromatic ring is 1. The van der Waals surface area contributed by atoms with Crippen molar-refractivity contribution in [1.29, 1.82) is 0 Å². The summed E-state index contributed by atoms with van der Waals surface area (Å²) in [6, 6.07) is 11.7. The van der Waals surface area contributed by atoms with Crippen molar-refractivity contribution in [3.8, 4) is 34.3 Å². The lowest BCUT2D eigenvalue weighted by molar-refractivity contribution is 0.0950. The highest BCUT2D eigenvalue weighted by Crippen LogP contribution is 2.37. The van der Waals surface area contributed by atoms with Crippen molar-refractivity contribution in [3.05, 3.63) is 53.7 Å². The summed E-state index contributed by atoms with van der Waals surface area (Å²) in [7, 11) is 0. The molecule has 0 spiro atoms. The molecule has 4 aromatic rings. The van der Waals surface area contributed by atoms with E-state index in [1.54, 1.807) is 43.3 Å². The van der Waals surface area contributed by atoms with E-state index in [1.807, 2.05) is 0 Å². The first-order valence-corrected chi connectivity index (χ1v) is 9.60. The second kappa shape index (κ2) is 7.96. The molecule has 33 heavy (non-hydrogen) atoms. The number of aromatic nitrogens is 5. The Morgan fingerprint density at radius 3 is 2.79 bits per heavy atom. The van der Waals surface area contributed by atoms with E-state index in [-0.39, 0.29) is 35.6 Å². The fourth-order valence-electron chi connectivity index (χ4n) is 3.25. The maximum absolute atomic E-state index is 13.0. The number of nitrogens with one attached hydrogen (secondary N) is 1. The summed E-state index contributed by atoms with van der Waals surface area (Å²) in [5, 5.41) is 29.4. The molecule has 0 radical (unpaired) electrons. The minimum atomic E-state index is -0.654. The molecule has 13 heteroatoms. The smallest absolute Gasteiger partial charge is 0.294 e. The third-order valence-electron chi connectivity index (χ3n) is 4.85. The van der Waals surface area contributed by atoms with Crippen LogP contribution in [0.5, 0.6) is 17.2 Å². The van der Waals surface area contributed by atoms with Crippen LogP contribution in [0.15, 0.2) is 52.2 Å². The largest absolute Gasteiger partial charge is 0.507 e. The Balaban J connectivity index is 1.54. The van der Waals surface area contributed by atoms with Crippen LogP contribution in [0.1, 0.15) is 23.0 Å². The number of hydrogen-bond acceptors (Lipinski definition) is 11. The summed E-state index contributed by atoms with van der Waals surface area (Å²) >= 11 is 0. The number of rotatable bonds is 5. The van der Waals surface area contributed by atoms with Gasteiger partial charge in [0.05, 0.1) is 5.71 Å². The van der Waals surface area contributed by atoms with Crippen LogP contribution in [0.25, 0.3) is 17.1 Å². The van der Waals surface area contributed by atoms with E-state index in [2.05, 4.69) is 35.8 Å². The summed E-state index contributed by atoms with van der Waals surface area (Å²) in [4.78, 5) is 13.0. The van der Waals surface area contributed by atoms with E-state index < -0.39 is 5.91 Å². The summed E-state index contributed by atoms with van der Waals surface area (Å²) < 4.78 is 16.7. The molecule has 5 rings (SSSR count). The minimum Gasteiger partial charge on any atom is -0.507 e. The summed E-state index contributed by atoms with van der Waals surface area (Å²) in [6.45, 7) is 1.73. The van der Waals surface area contributed by atoms with Gasteiger partial charge >= 0.3 is 0 Å². The Morgan fingerprint density at radius 1 is 1.18 bits per heavy atom. The third-order valence-corrected chi connectivity index (χ3v) is 4.85. The van der Waals surface area contributed by atoms with Crippen LogP contribution in [0, 0.1) is 0 Å². The second-order valence-electron chi connectivity index (χ2n) is 6.89. The van der Waals surface area contributed by atoms with E-state index in [9.17, 15) is 9.90 Å². The van der Waals surface area contributed by atoms with E-state index in [4.69, 9.17) is 15.2 Å². The van der Waals surface area contributed by atoms with E-state index in [0.29, 0.717) is 28.3 Å². The van der Waals surface area contributed by atoms with Crippen LogP contribution in [-0.2, 0) is 0 Å². The number of para-hydroxylation sites is 1. The highest BCUT2D eigenvalue weighted by Gasteiger charge is 2.27. The zero-order valence-electron chi connectivity index (χ0n) is 17.1. The average Bonchev–Trinajstić information content (AvgIpc) is 3.55. The quantitative estimate of drug-likeness (QED) is 0.299. The Morgan fingerprint density at radius 2 is 2.00 bits per heavy atom. The van der Waals surface area contributed by atoms with Gasteiger partial charge in [-0.1, -0.05) is 17.3 Å². The van der Waals surface area contributed by atoms with Crippen LogP contribution >= 0.6 is 0 Å². The van der Waals surface area contributed by atoms with Gasteiger partial charge in [-0.05, 0) is 47.6 Å². The van der Waals surface area contributed by atoms with E-state index in [1.165, 1.54) is 10.7 Å². The molecule has 1 aliphatic heterocycles.